The molecule has 1 aromatic rings. The number of nitriles is 1. The summed E-state index contributed by atoms with van der Waals surface area (Å²) in [4.78, 5) is 0. The molecule has 7 heteroatoms. The average molecular weight is 200 g/mol. The molecular weight excluding hydrogens is 192 g/mol. The quantitative estimate of drug-likeness (QED) is 0.707. The van der Waals surface area contributed by atoms with Gasteiger partial charge in [0.15, 0.2) is 5.82 Å². The lowest BCUT2D eigenvalue weighted by Gasteiger charge is -1.97. The number of anilines is 1. The Balaban J connectivity index is 3.09. The SMILES string of the molecule is Cn1cc(C#N)c(NS(C)(=O)=O)n1. The van der Waals surface area contributed by atoms with E-state index < -0.39 is 10.0 Å². The molecule has 0 saturated carbocycles. The molecule has 0 aliphatic heterocycles. The number of aromatic nitrogens is 2. The zero-order chi connectivity index (χ0) is 10.1. The van der Waals surface area contributed by atoms with Gasteiger partial charge < -0.3 is 0 Å². The minimum absolute atomic E-state index is 0.0625. The van der Waals surface area contributed by atoms with Crippen LogP contribution in [0, 0.1) is 11.3 Å². The smallest absolute Gasteiger partial charge is 0.231 e. The molecule has 13 heavy (non-hydrogen) atoms. The second kappa shape index (κ2) is 3.06. The van der Waals surface area contributed by atoms with Crippen LogP contribution in [0.3, 0.4) is 0 Å². The Bertz CT molecular complexity index is 453. The normalized spacial score (nSPS) is 10.8. The second-order valence-corrected chi connectivity index (χ2v) is 4.30. The predicted molar refractivity (Wildman–Crippen MR) is 46.4 cm³/mol. The predicted octanol–water partition coefficient (Wildman–Crippen LogP) is -0.337. The van der Waals surface area contributed by atoms with E-state index in [-0.39, 0.29) is 11.4 Å². The third-order valence-electron chi connectivity index (χ3n) is 1.23. The van der Waals surface area contributed by atoms with Gasteiger partial charge in [-0.3, -0.25) is 9.40 Å². The summed E-state index contributed by atoms with van der Waals surface area (Å²) in [5, 5.41) is 12.4. The van der Waals surface area contributed by atoms with E-state index in [0.717, 1.165) is 6.26 Å². The maximum atomic E-state index is 10.8. The van der Waals surface area contributed by atoms with E-state index in [1.54, 1.807) is 7.05 Å². The molecule has 1 N–H and O–H groups in total. The molecule has 1 heterocycles. The number of nitrogens with one attached hydrogen (secondary N) is 1. The fraction of sp³-hybridized carbons (Fsp3) is 0.333. The first-order chi connectivity index (χ1) is 5.92. The summed E-state index contributed by atoms with van der Waals surface area (Å²) in [6.45, 7) is 0. The first-order valence-corrected chi connectivity index (χ1v) is 5.23. The fourth-order valence-corrected chi connectivity index (χ4v) is 1.32. The summed E-state index contributed by atoms with van der Waals surface area (Å²) in [6.07, 6.45) is 2.44. The lowest BCUT2D eigenvalue weighted by Crippen LogP contribution is -2.11. The molecule has 0 aromatic carbocycles. The molecule has 0 aliphatic rings. The molecule has 0 radical (unpaired) electrons. The summed E-state index contributed by atoms with van der Waals surface area (Å²) in [5.41, 5.74) is 0.202. The Morgan fingerprint density at radius 3 is 2.77 bits per heavy atom. The van der Waals surface area contributed by atoms with E-state index in [1.165, 1.54) is 10.9 Å². The number of aryl methyl sites for hydroxylation is 1. The van der Waals surface area contributed by atoms with Crippen LogP contribution < -0.4 is 4.72 Å². The summed E-state index contributed by atoms with van der Waals surface area (Å²) in [7, 11) is -1.77. The topological polar surface area (TPSA) is 87.8 Å². The van der Waals surface area contributed by atoms with E-state index in [0.29, 0.717) is 0 Å². The van der Waals surface area contributed by atoms with Gasteiger partial charge in [-0.15, -0.1) is 0 Å². The molecule has 70 valence electrons. The molecule has 0 spiro atoms. The number of hydrogen-bond acceptors (Lipinski definition) is 4. The molecule has 6 nitrogen and oxygen atoms in total. The Morgan fingerprint density at radius 1 is 1.69 bits per heavy atom. The van der Waals surface area contributed by atoms with Crippen LogP contribution in [-0.2, 0) is 17.1 Å². The van der Waals surface area contributed by atoms with Gasteiger partial charge in [0.2, 0.25) is 10.0 Å². The maximum Gasteiger partial charge on any atom is 0.231 e. The lowest BCUT2D eigenvalue weighted by molar-refractivity contribution is 0.606. The number of hydrogen-bond donors (Lipinski definition) is 1. The minimum Gasteiger partial charge on any atom is -0.272 e. The minimum atomic E-state index is -3.37. The number of rotatable bonds is 2. The Labute approximate surface area is 75.8 Å². The number of sulfonamides is 1. The van der Waals surface area contributed by atoms with E-state index in [1.807, 2.05) is 6.07 Å². The second-order valence-electron chi connectivity index (χ2n) is 2.55. The van der Waals surface area contributed by atoms with Gasteiger partial charge >= 0.3 is 0 Å². The highest BCUT2D eigenvalue weighted by Gasteiger charge is 2.10. The van der Waals surface area contributed by atoms with Crippen molar-refractivity contribution >= 4 is 15.8 Å². The van der Waals surface area contributed by atoms with Crippen LogP contribution in [0.2, 0.25) is 0 Å². The van der Waals surface area contributed by atoms with Crippen LogP contribution in [0.4, 0.5) is 5.82 Å². The summed E-state index contributed by atoms with van der Waals surface area (Å²) in [5.74, 6) is 0.0625. The molecule has 0 unspecified atom stereocenters. The maximum absolute atomic E-state index is 10.8. The van der Waals surface area contributed by atoms with Gasteiger partial charge in [0, 0.05) is 13.2 Å². The van der Waals surface area contributed by atoms with Crippen LogP contribution in [0.1, 0.15) is 5.56 Å². The summed E-state index contributed by atoms with van der Waals surface area (Å²) < 4.78 is 25.1. The Kier molecular flexibility index (Phi) is 2.25. The molecule has 1 rings (SSSR count). The highest BCUT2D eigenvalue weighted by Crippen LogP contribution is 2.11. The number of nitrogens with zero attached hydrogens (tertiary/aromatic N) is 3. The van der Waals surface area contributed by atoms with Crippen molar-refractivity contribution in [2.45, 2.75) is 0 Å². The molecule has 0 amide bonds. The molecule has 1 aromatic heterocycles. The zero-order valence-corrected chi connectivity index (χ0v) is 7.96. The van der Waals surface area contributed by atoms with E-state index in [2.05, 4.69) is 9.82 Å². The first kappa shape index (κ1) is 9.54. The van der Waals surface area contributed by atoms with Gasteiger partial charge in [0.05, 0.1) is 6.26 Å². The van der Waals surface area contributed by atoms with Crippen LogP contribution in [-0.4, -0.2) is 24.5 Å². The zero-order valence-electron chi connectivity index (χ0n) is 7.14. The van der Waals surface area contributed by atoms with Crippen molar-refractivity contribution in [3.63, 3.8) is 0 Å². The van der Waals surface area contributed by atoms with E-state index >= 15 is 0 Å². The van der Waals surface area contributed by atoms with Gasteiger partial charge in [-0.05, 0) is 0 Å². The van der Waals surface area contributed by atoms with Crippen LogP contribution in [0.5, 0.6) is 0 Å². The van der Waals surface area contributed by atoms with Crippen LogP contribution in [0.15, 0.2) is 6.20 Å². The van der Waals surface area contributed by atoms with Crippen molar-refractivity contribution in [3.05, 3.63) is 11.8 Å². The lowest BCUT2D eigenvalue weighted by atomic mass is 10.4. The van der Waals surface area contributed by atoms with Crippen molar-refractivity contribution < 1.29 is 8.42 Å². The van der Waals surface area contributed by atoms with E-state index in [9.17, 15) is 8.42 Å². The molecular formula is C6H8N4O2S. The highest BCUT2D eigenvalue weighted by molar-refractivity contribution is 7.92. The molecule has 0 saturated heterocycles. The summed E-state index contributed by atoms with van der Waals surface area (Å²) in [6, 6.07) is 1.83. The Hall–Kier alpha value is -1.55. The van der Waals surface area contributed by atoms with Crippen molar-refractivity contribution in [1.82, 2.24) is 9.78 Å². The van der Waals surface area contributed by atoms with Gasteiger partial charge in [-0.25, -0.2) is 8.42 Å². The van der Waals surface area contributed by atoms with Crippen molar-refractivity contribution in [1.29, 1.82) is 5.26 Å². The van der Waals surface area contributed by atoms with Crippen LogP contribution >= 0.6 is 0 Å². The largest absolute Gasteiger partial charge is 0.272 e. The highest BCUT2D eigenvalue weighted by atomic mass is 32.2. The van der Waals surface area contributed by atoms with Gasteiger partial charge in [0.1, 0.15) is 11.6 Å². The monoisotopic (exact) mass is 200 g/mol. The van der Waals surface area contributed by atoms with Crippen LogP contribution in [0.25, 0.3) is 0 Å². The van der Waals surface area contributed by atoms with Crippen molar-refractivity contribution in [3.8, 4) is 6.07 Å². The third-order valence-corrected chi connectivity index (χ3v) is 1.80. The van der Waals surface area contributed by atoms with Crippen molar-refractivity contribution in [2.24, 2.45) is 7.05 Å². The average Bonchev–Trinajstić information content (AvgIpc) is 2.27. The van der Waals surface area contributed by atoms with Gasteiger partial charge in [0.25, 0.3) is 0 Å². The van der Waals surface area contributed by atoms with E-state index in [4.69, 9.17) is 5.26 Å². The standard InChI is InChI=1S/C6H8N4O2S/c1-10-4-5(3-7)6(8-10)9-13(2,11)12/h4H,1-2H3,(H,8,9). The van der Waals surface area contributed by atoms with Gasteiger partial charge in [-0.1, -0.05) is 0 Å². The fourth-order valence-electron chi connectivity index (χ4n) is 0.821. The molecule has 0 bridgehead atoms. The molecule has 0 fully saturated rings. The molecule has 0 aliphatic carbocycles. The summed E-state index contributed by atoms with van der Waals surface area (Å²) >= 11 is 0. The molecule has 0 atom stereocenters. The van der Waals surface area contributed by atoms with Crippen molar-refractivity contribution in [2.75, 3.05) is 11.0 Å². The first-order valence-electron chi connectivity index (χ1n) is 3.34. The third kappa shape index (κ3) is 2.45. The van der Waals surface area contributed by atoms with Gasteiger partial charge in [-0.2, -0.15) is 10.4 Å². The Morgan fingerprint density at radius 2 is 2.31 bits per heavy atom.